The fraction of sp³-hybridized carbons (Fsp3) is 0.385. The molecule has 0 radical (unpaired) electrons. The summed E-state index contributed by atoms with van der Waals surface area (Å²) in [7, 11) is 0. The molecule has 5 rings (SSSR count). The van der Waals surface area contributed by atoms with Crippen LogP contribution < -0.4 is 4.57 Å². The second-order valence-electron chi connectivity index (χ2n) is 9.59. The Kier molecular flexibility index (Phi) is 3.60. The standard InChI is InChI=1S/C26H30N3/c1-8-26(9-2)17(4)18-11-10-12-19-21(18)22-23(24(27-19)25(5,6)7)28-15-16(3)13-14-20(28)29(22)26/h10-15H,4,8-9H2,1-3,5-7H3/q+1. The molecule has 0 aliphatic carbocycles. The average Bonchev–Trinajstić information content (AvgIpc) is 3.02. The van der Waals surface area contributed by atoms with Crippen LogP contribution in [0, 0.1) is 6.92 Å². The molecule has 0 spiro atoms. The summed E-state index contributed by atoms with van der Waals surface area (Å²) in [4.78, 5) is 5.22. The van der Waals surface area contributed by atoms with Crippen LogP contribution in [0.1, 0.15) is 64.3 Å². The third-order valence-electron chi connectivity index (χ3n) is 6.92. The molecule has 0 fully saturated rings. The van der Waals surface area contributed by atoms with Crippen molar-refractivity contribution < 1.29 is 4.57 Å². The first-order valence-electron chi connectivity index (χ1n) is 10.7. The molecule has 29 heavy (non-hydrogen) atoms. The van der Waals surface area contributed by atoms with E-state index in [1.54, 1.807) is 0 Å². The molecule has 0 saturated heterocycles. The summed E-state index contributed by atoms with van der Waals surface area (Å²) in [5.74, 6) is 0. The highest BCUT2D eigenvalue weighted by molar-refractivity contribution is 6.10. The number of pyridine rings is 2. The lowest BCUT2D eigenvalue weighted by Gasteiger charge is -2.35. The Hall–Kier alpha value is -2.68. The highest BCUT2D eigenvalue weighted by Crippen LogP contribution is 2.46. The van der Waals surface area contributed by atoms with Gasteiger partial charge in [0, 0.05) is 17.1 Å². The van der Waals surface area contributed by atoms with Gasteiger partial charge in [-0.2, -0.15) is 4.40 Å². The van der Waals surface area contributed by atoms with Gasteiger partial charge in [-0.3, -0.25) is 0 Å². The lowest BCUT2D eigenvalue weighted by Crippen LogP contribution is -2.57. The molecule has 4 heterocycles. The number of aryl methyl sites for hydroxylation is 1. The van der Waals surface area contributed by atoms with Gasteiger partial charge in [-0.05, 0) is 43.0 Å². The predicted octanol–water partition coefficient (Wildman–Crippen LogP) is 6.08. The van der Waals surface area contributed by atoms with Gasteiger partial charge in [-0.15, -0.1) is 0 Å². The first-order valence-corrected chi connectivity index (χ1v) is 10.7. The molecular formula is C26H30N3+. The molecule has 3 nitrogen and oxygen atoms in total. The predicted molar refractivity (Wildman–Crippen MR) is 121 cm³/mol. The van der Waals surface area contributed by atoms with E-state index >= 15 is 0 Å². The van der Waals surface area contributed by atoms with Gasteiger partial charge in [-0.25, -0.2) is 9.55 Å². The van der Waals surface area contributed by atoms with Gasteiger partial charge < -0.3 is 0 Å². The zero-order chi connectivity index (χ0) is 20.7. The van der Waals surface area contributed by atoms with Gasteiger partial charge in [0.1, 0.15) is 5.54 Å². The van der Waals surface area contributed by atoms with Crippen molar-refractivity contribution in [3.63, 3.8) is 0 Å². The Bertz CT molecular complexity index is 1330. The van der Waals surface area contributed by atoms with E-state index in [-0.39, 0.29) is 11.0 Å². The lowest BCUT2D eigenvalue weighted by atomic mass is 9.77. The fourth-order valence-corrected chi connectivity index (χ4v) is 5.39. The van der Waals surface area contributed by atoms with Crippen LogP contribution in [0.25, 0.3) is 33.2 Å². The number of imidazole rings is 1. The zero-order valence-electron chi connectivity index (χ0n) is 18.4. The van der Waals surface area contributed by atoms with Crippen LogP contribution in [0.5, 0.6) is 0 Å². The number of hydrogen-bond donors (Lipinski definition) is 0. The minimum absolute atomic E-state index is 0.0599. The van der Waals surface area contributed by atoms with Crippen molar-refractivity contribution in [2.75, 3.05) is 0 Å². The molecule has 3 heteroatoms. The average molecular weight is 385 g/mol. The summed E-state index contributed by atoms with van der Waals surface area (Å²) >= 11 is 0. The SMILES string of the molecule is C=C1c2cccc3nc(C(C)(C)C)c4c(c23)[n+](c2ccc(C)cn42)C1(CC)CC. The summed E-state index contributed by atoms with van der Waals surface area (Å²) in [5, 5.41) is 1.25. The third kappa shape index (κ3) is 2.13. The van der Waals surface area contributed by atoms with Gasteiger partial charge in [0.05, 0.1) is 22.8 Å². The molecule has 1 aliphatic rings. The highest BCUT2D eigenvalue weighted by Gasteiger charge is 2.47. The molecule has 0 amide bonds. The third-order valence-corrected chi connectivity index (χ3v) is 6.92. The monoisotopic (exact) mass is 384 g/mol. The van der Waals surface area contributed by atoms with Gasteiger partial charge in [-0.1, -0.05) is 53.3 Å². The van der Waals surface area contributed by atoms with E-state index in [1.807, 2.05) is 0 Å². The molecule has 0 saturated carbocycles. The lowest BCUT2D eigenvalue weighted by molar-refractivity contribution is -0.703. The van der Waals surface area contributed by atoms with E-state index in [4.69, 9.17) is 4.98 Å². The van der Waals surface area contributed by atoms with Crippen LogP contribution >= 0.6 is 0 Å². The highest BCUT2D eigenvalue weighted by atomic mass is 15.2. The maximum absolute atomic E-state index is 5.22. The zero-order valence-corrected chi connectivity index (χ0v) is 18.4. The topological polar surface area (TPSA) is 21.2 Å². The molecule has 0 N–H and O–H groups in total. The summed E-state index contributed by atoms with van der Waals surface area (Å²) in [5.41, 5.74) is 9.56. The molecule has 148 valence electrons. The first-order chi connectivity index (χ1) is 13.7. The summed E-state index contributed by atoms with van der Waals surface area (Å²) in [6.45, 7) is 18.2. The van der Waals surface area contributed by atoms with E-state index in [0.717, 1.165) is 24.1 Å². The summed E-state index contributed by atoms with van der Waals surface area (Å²) in [6, 6.07) is 11.0. The number of benzene rings is 1. The van der Waals surface area contributed by atoms with E-state index < -0.39 is 0 Å². The van der Waals surface area contributed by atoms with Crippen LogP contribution in [-0.2, 0) is 11.0 Å². The number of allylic oxidation sites excluding steroid dienone is 1. The summed E-state index contributed by atoms with van der Waals surface area (Å²) < 4.78 is 4.96. The summed E-state index contributed by atoms with van der Waals surface area (Å²) in [6.07, 6.45) is 4.29. The Balaban J connectivity index is 2.20. The van der Waals surface area contributed by atoms with Crippen molar-refractivity contribution in [1.82, 2.24) is 9.38 Å². The number of hydrogen-bond acceptors (Lipinski definition) is 1. The van der Waals surface area contributed by atoms with E-state index in [1.165, 1.54) is 38.8 Å². The first kappa shape index (κ1) is 18.4. The molecule has 3 aromatic heterocycles. The fourth-order valence-electron chi connectivity index (χ4n) is 5.39. The Morgan fingerprint density at radius 2 is 1.83 bits per heavy atom. The van der Waals surface area contributed by atoms with Crippen LogP contribution in [0.15, 0.2) is 43.1 Å². The van der Waals surface area contributed by atoms with Gasteiger partial charge in [0.2, 0.25) is 5.52 Å². The second kappa shape index (κ2) is 5.69. The Morgan fingerprint density at radius 3 is 2.48 bits per heavy atom. The number of fused-ring (bicyclic) bond motifs is 3. The molecule has 1 aliphatic heterocycles. The van der Waals surface area contributed by atoms with Crippen molar-refractivity contribution in [3.05, 3.63) is 59.9 Å². The smallest absolute Gasteiger partial charge is 0.247 e. The molecule has 0 bridgehead atoms. The maximum Gasteiger partial charge on any atom is 0.287 e. The molecule has 0 unspecified atom stereocenters. The number of rotatable bonds is 2. The van der Waals surface area contributed by atoms with Crippen LogP contribution in [0.3, 0.4) is 0 Å². The van der Waals surface area contributed by atoms with Crippen molar-refractivity contribution in [3.8, 4) is 0 Å². The molecule has 0 atom stereocenters. The largest absolute Gasteiger partial charge is 0.287 e. The molecular weight excluding hydrogens is 354 g/mol. The van der Waals surface area contributed by atoms with E-state index in [2.05, 4.69) is 93.6 Å². The van der Waals surface area contributed by atoms with Crippen molar-refractivity contribution in [1.29, 1.82) is 0 Å². The maximum atomic E-state index is 5.22. The quantitative estimate of drug-likeness (QED) is 0.384. The van der Waals surface area contributed by atoms with Crippen LogP contribution in [0.2, 0.25) is 0 Å². The van der Waals surface area contributed by atoms with Crippen molar-refractivity contribution in [2.24, 2.45) is 0 Å². The number of nitrogens with zero attached hydrogens (tertiary/aromatic N) is 3. The molecule has 1 aromatic carbocycles. The van der Waals surface area contributed by atoms with Crippen molar-refractivity contribution >= 4 is 33.2 Å². The van der Waals surface area contributed by atoms with Gasteiger partial charge in [0.15, 0.2) is 5.52 Å². The van der Waals surface area contributed by atoms with Crippen molar-refractivity contribution in [2.45, 2.75) is 65.3 Å². The van der Waals surface area contributed by atoms with Gasteiger partial charge in [0.25, 0.3) is 5.65 Å². The van der Waals surface area contributed by atoms with E-state index in [0.29, 0.717) is 0 Å². The Morgan fingerprint density at radius 1 is 1.10 bits per heavy atom. The number of aromatic nitrogens is 3. The van der Waals surface area contributed by atoms with E-state index in [9.17, 15) is 0 Å². The Labute approximate surface area is 172 Å². The minimum Gasteiger partial charge on any atom is -0.247 e. The van der Waals surface area contributed by atoms with Gasteiger partial charge >= 0.3 is 0 Å². The molecule has 4 aromatic rings. The second-order valence-corrected chi connectivity index (χ2v) is 9.59. The van der Waals surface area contributed by atoms with Crippen LogP contribution in [0.4, 0.5) is 0 Å². The minimum atomic E-state index is -0.125. The normalized spacial score (nSPS) is 15.9. The van der Waals surface area contributed by atoms with Crippen LogP contribution in [-0.4, -0.2) is 9.38 Å².